The molecule has 1 aromatic carbocycles. The van der Waals surface area contributed by atoms with Crippen LogP contribution < -0.4 is 5.32 Å². The topological polar surface area (TPSA) is 75.5 Å². The fourth-order valence-electron chi connectivity index (χ4n) is 2.20. The summed E-state index contributed by atoms with van der Waals surface area (Å²) in [7, 11) is 1.72. The first kappa shape index (κ1) is 14.6. The summed E-state index contributed by atoms with van der Waals surface area (Å²) in [5.41, 5.74) is 0.708. The molecule has 1 amide bonds. The number of nitro benzene ring substituents is 1. The molecule has 1 N–H and O–H groups in total. The van der Waals surface area contributed by atoms with Gasteiger partial charge in [0.1, 0.15) is 5.56 Å². The van der Waals surface area contributed by atoms with Gasteiger partial charge in [-0.15, -0.1) is 0 Å². The fraction of sp³-hybridized carbons (Fsp3) is 0.462. The standard InChI is InChI=1S/C13H17N3O3S/c1-9-8-15(5-6-20-9)13(17)11-7-10(14-2)3-4-12(11)16(18)19/h3-4,7,9,14H,5-6,8H2,1-2H3. The third-order valence-corrected chi connectivity index (χ3v) is 4.38. The molecule has 108 valence electrons. The van der Waals surface area contributed by atoms with E-state index in [0.717, 1.165) is 5.75 Å². The molecule has 1 atom stereocenters. The Morgan fingerprint density at radius 2 is 2.30 bits per heavy atom. The molecular formula is C13H17N3O3S. The van der Waals surface area contributed by atoms with Gasteiger partial charge in [0.05, 0.1) is 4.92 Å². The smallest absolute Gasteiger partial charge is 0.282 e. The number of amides is 1. The highest BCUT2D eigenvalue weighted by Crippen LogP contribution is 2.26. The Morgan fingerprint density at radius 1 is 1.55 bits per heavy atom. The number of nitrogens with zero attached hydrogens (tertiary/aromatic N) is 2. The fourth-order valence-corrected chi connectivity index (χ4v) is 3.21. The third kappa shape index (κ3) is 3.04. The lowest BCUT2D eigenvalue weighted by Gasteiger charge is -2.30. The zero-order valence-corrected chi connectivity index (χ0v) is 12.3. The predicted octanol–water partition coefficient (Wildman–Crippen LogP) is 2.21. The highest BCUT2D eigenvalue weighted by atomic mass is 32.2. The van der Waals surface area contributed by atoms with Crippen LogP contribution in [0.2, 0.25) is 0 Å². The van der Waals surface area contributed by atoms with Crippen LogP contribution >= 0.6 is 11.8 Å². The second kappa shape index (κ2) is 6.13. The Kier molecular flexibility index (Phi) is 4.49. The number of thioether (sulfide) groups is 1. The second-order valence-corrected chi connectivity index (χ2v) is 6.22. The Morgan fingerprint density at radius 3 is 2.90 bits per heavy atom. The monoisotopic (exact) mass is 295 g/mol. The van der Waals surface area contributed by atoms with Crippen LogP contribution in [0.1, 0.15) is 17.3 Å². The molecule has 1 heterocycles. The molecule has 0 bridgehead atoms. The number of anilines is 1. The van der Waals surface area contributed by atoms with Crippen LogP contribution in [0.5, 0.6) is 0 Å². The number of rotatable bonds is 3. The molecule has 7 heteroatoms. The minimum atomic E-state index is -0.505. The zero-order chi connectivity index (χ0) is 14.7. The van der Waals surface area contributed by atoms with Crippen molar-refractivity contribution in [3.05, 3.63) is 33.9 Å². The van der Waals surface area contributed by atoms with Crippen molar-refractivity contribution < 1.29 is 9.72 Å². The molecule has 1 unspecified atom stereocenters. The maximum Gasteiger partial charge on any atom is 0.282 e. The van der Waals surface area contributed by atoms with E-state index < -0.39 is 4.92 Å². The lowest BCUT2D eigenvalue weighted by molar-refractivity contribution is -0.385. The summed E-state index contributed by atoms with van der Waals surface area (Å²) in [4.78, 5) is 24.8. The molecule has 6 nitrogen and oxygen atoms in total. The molecule has 1 aliphatic rings. The summed E-state index contributed by atoms with van der Waals surface area (Å²) < 4.78 is 0. The van der Waals surface area contributed by atoms with E-state index in [-0.39, 0.29) is 17.2 Å². The molecule has 1 aliphatic heterocycles. The van der Waals surface area contributed by atoms with Gasteiger partial charge in [-0.1, -0.05) is 6.92 Å². The van der Waals surface area contributed by atoms with Gasteiger partial charge in [-0.25, -0.2) is 0 Å². The third-order valence-electron chi connectivity index (χ3n) is 3.24. The average Bonchev–Trinajstić information content (AvgIpc) is 2.45. The maximum atomic E-state index is 12.5. The number of carbonyl (C=O) groups excluding carboxylic acids is 1. The number of benzene rings is 1. The Balaban J connectivity index is 2.34. The molecular weight excluding hydrogens is 278 g/mol. The lowest BCUT2D eigenvalue weighted by atomic mass is 10.1. The molecule has 2 rings (SSSR count). The van der Waals surface area contributed by atoms with Crippen molar-refractivity contribution in [2.45, 2.75) is 12.2 Å². The first-order valence-electron chi connectivity index (χ1n) is 6.40. The molecule has 1 fully saturated rings. The van der Waals surface area contributed by atoms with Crippen molar-refractivity contribution in [3.8, 4) is 0 Å². The van der Waals surface area contributed by atoms with Crippen LogP contribution in [0.4, 0.5) is 11.4 Å². The summed E-state index contributed by atoms with van der Waals surface area (Å²) in [5.74, 6) is 0.604. The van der Waals surface area contributed by atoms with Crippen molar-refractivity contribution in [1.82, 2.24) is 4.90 Å². The molecule has 0 aliphatic carbocycles. The van der Waals surface area contributed by atoms with Crippen molar-refractivity contribution in [2.24, 2.45) is 0 Å². The van der Waals surface area contributed by atoms with Crippen LogP contribution in [0.15, 0.2) is 18.2 Å². The molecule has 0 spiro atoms. The normalized spacial score (nSPS) is 18.7. The van der Waals surface area contributed by atoms with Gasteiger partial charge >= 0.3 is 0 Å². The minimum Gasteiger partial charge on any atom is -0.388 e. The molecule has 20 heavy (non-hydrogen) atoms. The summed E-state index contributed by atoms with van der Waals surface area (Å²) in [5, 5.41) is 14.3. The van der Waals surface area contributed by atoms with E-state index in [1.54, 1.807) is 24.1 Å². The van der Waals surface area contributed by atoms with E-state index in [2.05, 4.69) is 12.2 Å². The van der Waals surface area contributed by atoms with Gasteiger partial charge in [-0.3, -0.25) is 14.9 Å². The summed E-state index contributed by atoms with van der Waals surface area (Å²) in [6.07, 6.45) is 0. The lowest BCUT2D eigenvalue weighted by Crippen LogP contribution is -2.41. The van der Waals surface area contributed by atoms with Gasteiger partial charge in [-0.2, -0.15) is 11.8 Å². The number of nitro groups is 1. The van der Waals surface area contributed by atoms with Crippen LogP contribution in [-0.2, 0) is 0 Å². The quantitative estimate of drug-likeness (QED) is 0.683. The Labute approximate surface area is 121 Å². The van der Waals surface area contributed by atoms with Gasteiger partial charge < -0.3 is 10.2 Å². The number of hydrogen-bond donors (Lipinski definition) is 1. The van der Waals surface area contributed by atoms with E-state index in [1.807, 2.05) is 11.8 Å². The maximum absolute atomic E-state index is 12.5. The van der Waals surface area contributed by atoms with E-state index in [0.29, 0.717) is 24.0 Å². The number of hydrogen-bond acceptors (Lipinski definition) is 5. The molecule has 0 radical (unpaired) electrons. The largest absolute Gasteiger partial charge is 0.388 e. The number of nitrogens with one attached hydrogen (secondary N) is 1. The van der Waals surface area contributed by atoms with Crippen molar-refractivity contribution in [3.63, 3.8) is 0 Å². The van der Waals surface area contributed by atoms with Crippen molar-refractivity contribution in [1.29, 1.82) is 0 Å². The Bertz CT molecular complexity index is 536. The van der Waals surface area contributed by atoms with Crippen LogP contribution in [0.3, 0.4) is 0 Å². The summed E-state index contributed by atoms with van der Waals surface area (Å²) in [6.45, 7) is 3.32. The first-order valence-corrected chi connectivity index (χ1v) is 7.45. The van der Waals surface area contributed by atoms with Gasteiger partial charge in [0.15, 0.2) is 0 Å². The molecule has 0 saturated carbocycles. The van der Waals surface area contributed by atoms with Gasteiger partial charge in [-0.05, 0) is 12.1 Å². The highest BCUT2D eigenvalue weighted by molar-refractivity contribution is 7.99. The van der Waals surface area contributed by atoms with Crippen molar-refractivity contribution >= 4 is 29.0 Å². The molecule has 1 aromatic rings. The van der Waals surface area contributed by atoms with E-state index in [9.17, 15) is 14.9 Å². The minimum absolute atomic E-state index is 0.139. The summed E-state index contributed by atoms with van der Waals surface area (Å²) >= 11 is 1.81. The van der Waals surface area contributed by atoms with E-state index >= 15 is 0 Å². The summed E-state index contributed by atoms with van der Waals surface area (Å²) in [6, 6.07) is 4.53. The average molecular weight is 295 g/mol. The molecule has 1 saturated heterocycles. The van der Waals surface area contributed by atoms with Crippen LogP contribution in [0, 0.1) is 10.1 Å². The SMILES string of the molecule is CNc1ccc([N+](=O)[O-])c(C(=O)N2CCSC(C)C2)c1. The van der Waals surface area contributed by atoms with Crippen LogP contribution in [0.25, 0.3) is 0 Å². The predicted molar refractivity (Wildman–Crippen MR) is 80.5 cm³/mol. The van der Waals surface area contributed by atoms with E-state index in [1.165, 1.54) is 6.07 Å². The van der Waals surface area contributed by atoms with Gasteiger partial charge in [0.2, 0.25) is 0 Å². The second-order valence-electron chi connectivity index (χ2n) is 4.67. The molecule has 0 aromatic heterocycles. The van der Waals surface area contributed by atoms with Gasteiger partial charge in [0.25, 0.3) is 11.6 Å². The highest BCUT2D eigenvalue weighted by Gasteiger charge is 2.28. The number of carbonyl (C=O) groups is 1. The zero-order valence-electron chi connectivity index (χ0n) is 11.5. The van der Waals surface area contributed by atoms with Crippen LogP contribution in [-0.4, -0.2) is 46.9 Å². The first-order chi connectivity index (χ1) is 9.52. The van der Waals surface area contributed by atoms with E-state index in [4.69, 9.17) is 0 Å². The Hall–Kier alpha value is -1.76. The van der Waals surface area contributed by atoms with Crippen molar-refractivity contribution in [2.75, 3.05) is 31.2 Å². The van der Waals surface area contributed by atoms with Gasteiger partial charge in [0, 0.05) is 42.9 Å².